The van der Waals surface area contributed by atoms with E-state index in [1.807, 2.05) is 59.3 Å². The molecular weight excluding hydrogens is 443 g/mol. The van der Waals surface area contributed by atoms with Crippen molar-refractivity contribution in [3.05, 3.63) is 48.0 Å². The first-order valence-electron chi connectivity index (χ1n) is 10.1. The Morgan fingerprint density at radius 2 is 1.70 bits per heavy atom. The summed E-state index contributed by atoms with van der Waals surface area (Å²) in [6, 6.07) is 13.6. The normalized spacial score (nSPS) is 19.9. The number of rotatable bonds is 2. The highest BCUT2D eigenvalue weighted by molar-refractivity contribution is 5.99. The third kappa shape index (κ3) is 5.42. The first kappa shape index (κ1) is 24.5. The Morgan fingerprint density at radius 3 is 2.24 bits per heavy atom. The van der Waals surface area contributed by atoms with Crippen molar-refractivity contribution in [1.29, 1.82) is 0 Å². The maximum Gasteiger partial charge on any atom is 0.490 e. The molecule has 2 N–H and O–H groups in total. The van der Waals surface area contributed by atoms with Gasteiger partial charge >= 0.3 is 12.1 Å². The lowest BCUT2D eigenvalue weighted by molar-refractivity contribution is -0.192. The van der Waals surface area contributed by atoms with Gasteiger partial charge < -0.3 is 20.1 Å². The first-order chi connectivity index (χ1) is 15.5. The fourth-order valence-corrected chi connectivity index (χ4v) is 3.92. The number of amides is 2. The molecule has 2 aromatic carbocycles. The van der Waals surface area contributed by atoms with E-state index in [4.69, 9.17) is 14.6 Å². The largest absolute Gasteiger partial charge is 0.490 e. The number of aliphatic carboxylic acids is 1. The number of fused-ring (bicyclic) bond motifs is 1. The Labute approximate surface area is 187 Å². The van der Waals surface area contributed by atoms with Crippen molar-refractivity contribution in [3.63, 3.8) is 0 Å². The molecule has 2 aliphatic rings. The van der Waals surface area contributed by atoms with E-state index < -0.39 is 12.1 Å². The summed E-state index contributed by atoms with van der Waals surface area (Å²) in [5.41, 5.74) is 0.345. The van der Waals surface area contributed by atoms with E-state index in [1.165, 1.54) is 0 Å². The fraction of sp³-hybridized carbons (Fsp3) is 0.409. The van der Waals surface area contributed by atoms with E-state index in [0.29, 0.717) is 31.8 Å². The number of hydrogen-bond donors (Lipinski definition) is 2. The van der Waals surface area contributed by atoms with Crippen molar-refractivity contribution < 1.29 is 37.4 Å². The molecule has 2 aromatic rings. The van der Waals surface area contributed by atoms with Crippen LogP contribution in [0.4, 0.5) is 13.2 Å². The van der Waals surface area contributed by atoms with E-state index in [2.05, 4.69) is 5.32 Å². The minimum absolute atomic E-state index is 0.0288. The minimum atomic E-state index is -5.08. The lowest BCUT2D eigenvalue weighted by Crippen LogP contribution is -2.73. The van der Waals surface area contributed by atoms with E-state index in [1.54, 1.807) is 7.05 Å². The number of likely N-dealkylation sites (N-methyl/N-ethyl adjacent to an activating group) is 2. The Balaban J connectivity index is 0.000000383. The van der Waals surface area contributed by atoms with Crippen LogP contribution in [-0.4, -0.2) is 90.8 Å². The number of benzene rings is 2. The monoisotopic (exact) mass is 467 g/mol. The van der Waals surface area contributed by atoms with Crippen molar-refractivity contribution in [1.82, 2.24) is 15.1 Å². The van der Waals surface area contributed by atoms with Crippen molar-refractivity contribution in [2.24, 2.45) is 0 Å². The van der Waals surface area contributed by atoms with Gasteiger partial charge in [-0.25, -0.2) is 4.79 Å². The number of carboxylic acids is 1. The summed E-state index contributed by atoms with van der Waals surface area (Å²) in [5, 5.41) is 12.0. The molecule has 2 amide bonds. The van der Waals surface area contributed by atoms with Crippen LogP contribution >= 0.6 is 0 Å². The number of carbonyl (C=O) groups is 3. The molecule has 8 nitrogen and oxygen atoms in total. The molecule has 4 rings (SSSR count). The predicted octanol–water partition coefficient (Wildman–Crippen LogP) is 1.74. The number of halogens is 3. The second-order valence-electron chi connectivity index (χ2n) is 8.07. The molecule has 0 aliphatic carbocycles. The van der Waals surface area contributed by atoms with Crippen molar-refractivity contribution in [2.45, 2.75) is 17.8 Å². The topological polar surface area (TPSA) is 99.2 Å². The summed E-state index contributed by atoms with van der Waals surface area (Å²) in [5.74, 6) is -2.76. The molecule has 11 heteroatoms. The predicted molar refractivity (Wildman–Crippen MR) is 113 cm³/mol. The van der Waals surface area contributed by atoms with Gasteiger partial charge in [-0.05, 0) is 30.0 Å². The molecule has 2 heterocycles. The standard InChI is InChI=1S/C20H23N3O3.C2HF3O2/c1-21-18(24)17-10-26-20(11-22(17)2)12-23(13-20)19(25)16-8-7-14-5-3-4-6-15(14)9-16;3-2(4,5)1(6)7/h3-9,17H,10-13H2,1-2H3,(H,21,24);(H,6,7). The number of nitrogens with one attached hydrogen (secondary N) is 1. The average molecular weight is 467 g/mol. The highest BCUT2D eigenvalue weighted by Gasteiger charge is 2.51. The van der Waals surface area contributed by atoms with Crippen LogP contribution in [0, 0.1) is 0 Å². The van der Waals surface area contributed by atoms with Gasteiger partial charge in [-0.1, -0.05) is 30.3 Å². The number of carbonyl (C=O) groups excluding carboxylic acids is 2. The Bertz CT molecular complexity index is 1050. The van der Waals surface area contributed by atoms with Crippen LogP contribution in [0.3, 0.4) is 0 Å². The smallest absolute Gasteiger partial charge is 0.475 e. The molecule has 0 bridgehead atoms. The van der Waals surface area contributed by atoms with Crippen LogP contribution in [0.15, 0.2) is 42.5 Å². The van der Waals surface area contributed by atoms with Crippen LogP contribution < -0.4 is 5.32 Å². The van der Waals surface area contributed by atoms with Crippen molar-refractivity contribution >= 4 is 28.6 Å². The molecule has 178 valence electrons. The van der Waals surface area contributed by atoms with Gasteiger partial charge in [-0.15, -0.1) is 0 Å². The summed E-state index contributed by atoms with van der Waals surface area (Å²) >= 11 is 0. The van der Waals surface area contributed by atoms with Gasteiger partial charge in [0.2, 0.25) is 5.91 Å². The van der Waals surface area contributed by atoms with Crippen LogP contribution in [-0.2, 0) is 14.3 Å². The lowest BCUT2D eigenvalue weighted by atomic mass is 9.89. The summed E-state index contributed by atoms with van der Waals surface area (Å²) in [6.45, 7) is 2.12. The first-order valence-corrected chi connectivity index (χ1v) is 10.1. The summed E-state index contributed by atoms with van der Waals surface area (Å²) < 4.78 is 37.7. The zero-order chi connectivity index (χ0) is 24.4. The third-order valence-corrected chi connectivity index (χ3v) is 5.65. The van der Waals surface area contributed by atoms with E-state index in [9.17, 15) is 22.8 Å². The molecule has 0 aromatic heterocycles. The molecule has 1 unspecified atom stereocenters. The van der Waals surface area contributed by atoms with Crippen LogP contribution in [0.5, 0.6) is 0 Å². The van der Waals surface area contributed by atoms with Gasteiger partial charge in [0.15, 0.2) is 0 Å². The van der Waals surface area contributed by atoms with Crippen LogP contribution in [0.2, 0.25) is 0 Å². The highest BCUT2D eigenvalue weighted by atomic mass is 19.4. The minimum Gasteiger partial charge on any atom is -0.475 e. The maximum atomic E-state index is 12.8. The Morgan fingerprint density at radius 1 is 1.09 bits per heavy atom. The molecule has 0 radical (unpaired) electrons. The van der Waals surface area contributed by atoms with Crippen molar-refractivity contribution in [3.8, 4) is 0 Å². The van der Waals surface area contributed by atoms with Gasteiger partial charge in [0.05, 0.1) is 19.7 Å². The highest BCUT2D eigenvalue weighted by Crippen LogP contribution is 2.32. The average Bonchev–Trinajstić information content (AvgIpc) is 2.75. The van der Waals surface area contributed by atoms with Gasteiger partial charge in [0.1, 0.15) is 11.6 Å². The number of nitrogens with zero attached hydrogens (tertiary/aromatic N) is 2. The van der Waals surface area contributed by atoms with Crippen molar-refractivity contribution in [2.75, 3.05) is 40.3 Å². The second kappa shape index (κ2) is 9.36. The number of alkyl halides is 3. The summed E-state index contributed by atoms with van der Waals surface area (Å²) in [4.78, 5) is 37.4. The number of ether oxygens (including phenoxy) is 1. The molecular formula is C22H24F3N3O5. The van der Waals surface area contributed by atoms with E-state index >= 15 is 0 Å². The van der Waals surface area contributed by atoms with Gasteiger partial charge in [-0.2, -0.15) is 13.2 Å². The molecule has 2 saturated heterocycles. The van der Waals surface area contributed by atoms with E-state index in [0.717, 1.165) is 10.8 Å². The number of likely N-dealkylation sites (tertiary alicyclic amines) is 1. The van der Waals surface area contributed by atoms with Gasteiger partial charge in [0.25, 0.3) is 5.91 Å². The quantitative estimate of drug-likeness (QED) is 0.698. The SMILES string of the molecule is CNC(=O)C1COC2(CN(C(=O)c3ccc4ccccc4c3)C2)CN1C.O=C(O)C(F)(F)F. The van der Waals surface area contributed by atoms with E-state index in [-0.39, 0.29) is 23.5 Å². The molecule has 2 fully saturated rings. The number of hydrogen-bond acceptors (Lipinski definition) is 5. The maximum absolute atomic E-state index is 12.8. The fourth-order valence-electron chi connectivity index (χ4n) is 3.92. The number of morpholine rings is 1. The molecule has 2 aliphatic heterocycles. The second-order valence-corrected chi connectivity index (χ2v) is 8.07. The zero-order valence-corrected chi connectivity index (χ0v) is 18.1. The lowest BCUT2D eigenvalue weighted by Gasteiger charge is -2.54. The zero-order valence-electron chi connectivity index (χ0n) is 18.1. The summed E-state index contributed by atoms with van der Waals surface area (Å²) in [7, 11) is 3.56. The van der Waals surface area contributed by atoms with Gasteiger partial charge in [-0.3, -0.25) is 14.5 Å². The molecule has 0 saturated carbocycles. The third-order valence-electron chi connectivity index (χ3n) is 5.65. The van der Waals surface area contributed by atoms with Gasteiger partial charge in [0, 0.05) is 19.2 Å². The number of carboxylic acid groups (broad SMARTS) is 1. The Hall–Kier alpha value is -3.18. The Kier molecular flexibility index (Phi) is 6.94. The molecule has 1 spiro atoms. The molecule has 33 heavy (non-hydrogen) atoms. The summed E-state index contributed by atoms with van der Waals surface area (Å²) in [6.07, 6.45) is -5.08. The van der Waals surface area contributed by atoms with Crippen LogP contribution in [0.25, 0.3) is 10.8 Å². The van der Waals surface area contributed by atoms with Crippen LogP contribution in [0.1, 0.15) is 10.4 Å². The molecule has 1 atom stereocenters.